The van der Waals surface area contributed by atoms with E-state index >= 15 is 0 Å². The molecule has 0 aromatic heterocycles. The van der Waals surface area contributed by atoms with E-state index < -0.39 is 21.9 Å². The van der Waals surface area contributed by atoms with E-state index in [1.165, 1.54) is 35.6 Å². The van der Waals surface area contributed by atoms with E-state index in [1.54, 1.807) is 32.0 Å². The van der Waals surface area contributed by atoms with Gasteiger partial charge in [-0.1, -0.05) is 11.6 Å². The molecule has 1 amide bonds. The lowest BCUT2D eigenvalue weighted by Crippen LogP contribution is -2.28. The zero-order valence-corrected chi connectivity index (χ0v) is 17.3. The number of sulfonamides is 1. The Balaban J connectivity index is 2.17. The number of halogens is 1. The lowest BCUT2D eigenvalue weighted by atomic mass is 10.1. The van der Waals surface area contributed by atoms with Gasteiger partial charge in [-0.05, 0) is 56.3 Å². The average molecular weight is 425 g/mol. The van der Waals surface area contributed by atoms with Gasteiger partial charge in [0, 0.05) is 18.3 Å². The van der Waals surface area contributed by atoms with E-state index in [0.717, 1.165) is 0 Å². The maximum Gasteiger partial charge on any atom is 0.339 e. The largest absolute Gasteiger partial charge is 0.462 e. The van der Waals surface area contributed by atoms with Gasteiger partial charge in [0.2, 0.25) is 10.0 Å². The second kappa shape index (κ2) is 9.07. The number of benzene rings is 2. The quantitative estimate of drug-likeness (QED) is 0.686. The average Bonchev–Trinajstić information content (AvgIpc) is 2.69. The molecule has 0 heterocycles. The first kappa shape index (κ1) is 21.7. The number of anilines is 2. The number of carbonyl (C=O) groups excluding carboxylic acids is 2. The molecular formula is C19H21ClN2O5S. The second-order valence-corrected chi connectivity index (χ2v) is 8.48. The molecule has 0 saturated heterocycles. The Hall–Kier alpha value is -2.58. The topological polar surface area (TPSA) is 92.8 Å². The van der Waals surface area contributed by atoms with E-state index in [4.69, 9.17) is 16.3 Å². The minimum atomic E-state index is -3.38. The van der Waals surface area contributed by atoms with Crippen LogP contribution >= 0.6 is 11.6 Å². The highest BCUT2D eigenvalue weighted by Gasteiger charge is 2.17. The van der Waals surface area contributed by atoms with Crippen LogP contribution in [0.25, 0.3) is 0 Å². The number of rotatable bonds is 7. The summed E-state index contributed by atoms with van der Waals surface area (Å²) in [5.41, 5.74) is 1.32. The van der Waals surface area contributed by atoms with E-state index in [1.807, 2.05) is 0 Å². The first-order chi connectivity index (χ1) is 13.2. The third-order valence-corrected chi connectivity index (χ3v) is 6.10. The molecule has 2 rings (SSSR count). The van der Waals surface area contributed by atoms with Crippen molar-refractivity contribution < 1.29 is 22.7 Å². The summed E-state index contributed by atoms with van der Waals surface area (Å²) in [5, 5.41) is 2.90. The Morgan fingerprint density at radius 3 is 2.32 bits per heavy atom. The number of nitrogens with one attached hydrogen (secondary N) is 1. The van der Waals surface area contributed by atoms with Crippen molar-refractivity contribution in [2.24, 2.45) is 0 Å². The summed E-state index contributed by atoms with van der Waals surface area (Å²) < 4.78 is 29.9. The molecule has 2 aromatic rings. The van der Waals surface area contributed by atoms with Gasteiger partial charge in [0.25, 0.3) is 5.91 Å². The summed E-state index contributed by atoms with van der Waals surface area (Å²) in [7, 11) is -1.92. The molecule has 2 aromatic carbocycles. The fourth-order valence-electron chi connectivity index (χ4n) is 2.35. The van der Waals surface area contributed by atoms with E-state index in [0.29, 0.717) is 16.9 Å². The second-order valence-electron chi connectivity index (χ2n) is 5.78. The molecule has 0 aliphatic rings. The van der Waals surface area contributed by atoms with E-state index in [2.05, 4.69) is 5.32 Å². The molecule has 0 atom stereocenters. The zero-order chi connectivity index (χ0) is 20.9. The van der Waals surface area contributed by atoms with Gasteiger partial charge in [-0.15, -0.1) is 0 Å². The summed E-state index contributed by atoms with van der Waals surface area (Å²) in [6.45, 7) is 3.45. The SMILES string of the molecule is CCOC(=O)c1cc(NC(=O)c2ccc(N(C)S(=O)(=O)CC)cc2)ccc1Cl. The Bertz CT molecular complexity index is 974. The van der Waals surface area contributed by atoms with Crippen molar-refractivity contribution in [2.75, 3.05) is 29.0 Å². The predicted molar refractivity (Wildman–Crippen MR) is 110 cm³/mol. The van der Waals surface area contributed by atoms with E-state index in [-0.39, 0.29) is 22.9 Å². The van der Waals surface area contributed by atoms with Crippen LogP contribution in [-0.4, -0.2) is 39.7 Å². The van der Waals surface area contributed by atoms with E-state index in [9.17, 15) is 18.0 Å². The highest BCUT2D eigenvalue weighted by Crippen LogP contribution is 2.23. The van der Waals surface area contributed by atoms with Crippen LogP contribution in [0.1, 0.15) is 34.6 Å². The number of esters is 1. The van der Waals surface area contributed by atoms with Gasteiger partial charge >= 0.3 is 5.97 Å². The van der Waals surface area contributed by atoms with Gasteiger partial charge in [0.1, 0.15) is 0 Å². The molecule has 0 spiro atoms. The number of nitrogens with zero attached hydrogens (tertiary/aromatic N) is 1. The Morgan fingerprint density at radius 1 is 1.11 bits per heavy atom. The Kier molecular flexibility index (Phi) is 7.04. The third-order valence-electron chi connectivity index (χ3n) is 3.99. The molecule has 0 aliphatic carbocycles. The van der Waals surface area contributed by atoms with Gasteiger partial charge in [-0.25, -0.2) is 13.2 Å². The van der Waals surface area contributed by atoms with Crippen molar-refractivity contribution in [3.8, 4) is 0 Å². The maximum atomic E-state index is 12.4. The summed E-state index contributed by atoms with van der Waals surface area (Å²) in [6.07, 6.45) is 0. The molecule has 0 aliphatic heterocycles. The van der Waals surface area contributed by atoms with Crippen molar-refractivity contribution in [3.63, 3.8) is 0 Å². The smallest absolute Gasteiger partial charge is 0.339 e. The van der Waals surface area contributed by atoms with Crippen LogP contribution in [0.3, 0.4) is 0 Å². The molecule has 1 N–H and O–H groups in total. The predicted octanol–water partition coefficient (Wildman–Crippen LogP) is 3.55. The highest BCUT2D eigenvalue weighted by atomic mass is 35.5. The van der Waals surface area contributed by atoms with Crippen LogP contribution < -0.4 is 9.62 Å². The molecule has 0 saturated carbocycles. The summed E-state index contributed by atoms with van der Waals surface area (Å²) in [4.78, 5) is 24.4. The van der Waals surface area contributed by atoms with Crippen LogP contribution in [0, 0.1) is 0 Å². The van der Waals surface area contributed by atoms with Gasteiger partial charge in [-0.2, -0.15) is 0 Å². The number of carbonyl (C=O) groups is 2. The molecule has 0 fully saturated rings. The maximum absolute atomic E-state index is 12.4. The van der Waals surface area contributed by atoms with Crippen molar-refractivity contribution in [1.82, 2.24) is 0 Å². The summed E-state index contributed by atoms with van der Waals surface area (Å²) >= 11 is 6.01. The van der Waals surface area contributed by atoms with Gasteiger partial charge in [-0.3, -0.25) is 9.10 Å². The molecule has 7 nitrogen and oxygen atoms in total. The summed E-state index contributed by atoms with van der Waals surface area (Å²) in [5.74, 6) is -1.01. The van der Waals surface area contributed by atoms with Crippen molar-refractivity contribution in [3.05, 3.63) is 58.6 Å². The van der Waals surface area contributed by atoms with Crippen LogP contribution in [-0.2, 0) is 14.8 Å². The number of ether oxygens (including phenoxy) is 1. The van der Waals surface area contributed by atoms with Gasteiger partial charge in [0.05, 0.1) is 28.6 Å². The first-order valence-corrected chi connectivity index (χ1v) is 10.5. The standard InChI is InChI=1S/C19H21ClN2O5S/c1-4-27-19(24)16-12-14(8-11-17(16)20)21-18(23)13-6-9-15(10-7-13)22(3)28(25,26)5-2/h6-12H,4-5H2,1-3H3,(H,21,23). The Labute approximate surface area is 169 Å². The summed E-state index contributed by atoms with van der Waals surface area (Å²) in [6, 6.07) is 10.6. The molecule has 9 heteroatoms. The number of hydrogen-bond acceptors (Lipinski definition) is 5. The minimum Gasteiger partial charge on any atom is -0.462 e. The van der Waals surface area contributed by atoms with Crippen LogP contribution in [0.4, 0.5) is 11.4 Å². The third kappa shape index (κ3) is 5.02. The monoisotopic (exact) mass is 424 g/mol. The Morgan fingerprint density at radius 2 is 1.75 bits per heavy atom. The first-order valence-electron chi connectivity index (χ1n) is 8.54. The fourth-order valence-corrected chi connectivity index (χ4v) is 3.37. The highest BCUT2D eigenvalue weighted by molar-refractivity contribution is 7.92. The van der Waals surface area contributed by atoms with Crippen molar-refractivity contribution in [2.45, 2.75) is 13.8 Å². The molecular weight excluding hydrogens is 404 g/mol. The number of hydrogen-bond donors (Lipinski definition) is 1. The minimum absolute atomic E-state index is 0.0227. The van der Waals surface area contributed by atoms with Gasteiger partial charge < -0.3 is 10.1 Å². The zero-order valence-electron chi connectivity index (χ0n) is 15.7. The van der Waals surface area contributed by atoms with Crippen LogP contribution in [0.5, 0.6) is 0 Å². The number of amides is 1. The lowest BCUT2D eigenvalue weighted by molar-refractivity contribution is 0.0526. The normalized spacial score (nSPS) is 11.0. The fraction of sp³-hybridized carbons (Fsp3) is 0.263. The van der Waals surface area contributed by atoms with Crippen molar-refractivity contribution >= 4 is 44.9 Å². The molecule has 28 heavy (non-hydrogen) atoms. The van der Waals surface area contributed by atoms with Crippen molar-refractivity contribution in [1.29, 1.82) is 0 Å². The molecule has 0 radical (unpaired) electrons. The molecule has 150 valence electrons. The van der Waals surface area contributed by atoms with Crippen LogP contribution in [0.15, 0.2) is 42.5 Å². The molecule has 0 unspecified atom stereocenters. The lowest BCUT2D eigenvalue weighted by Gasteiger charge is -2.18. The van der Waals surface area contributed by atoms with Gasteiger partial charge in [0.15, 0.2) is 0 Å². The van der Waals surface area contributed by atoms with Crippen LogP contribution in [0.2, 0.25) is 5.02 Å². The molecule has 0 bridgehead atoms.